The van der Waals surface area contributed by atoms with Crippen molar-refractivity contribution in [2.75, 3.05) is 13.1 Å². The molecule has 1 amide bonds. The molecule has 0 radical (unpaired) electrons. The molecule has 1 fully saturated rings. The molecule has 0 saturated carbocycles. The first kappa shape index (κ1) is 9.85. The van der Waals surface area contributed by atoms with Crippen LogP contribution in [0.2, 0.25) is 0 Å². The lowest BCUT2D eigenvalue weighted by Crippen LogP contribution is -2.61. The summed E-state index contributed by atoms with van der Waals surface area (Å²) in [5, 5.41) is 6.57. The largest absolute Gasteiger partial charge is 0.345 e. The van der Waals surface area contributed by atoms with Crippen molar-refractivity contribution >= 4 is 5.91 Å². The summed E-state index contributed by atoms with van der Waals surface area (Å²) >= 11 is 0. The Balaban J connectivity index is 1.96. The molecule has 2 aliphatic heterocycles. The van der Waals surface area contributed by atoms with Crippen LogP contribution in [0.3, 0.4) is 0 Å². The van der Waals surface area contributed by atoms with Crippen molar-refractivity contribution in [3.8, 4) is 0 Å². The van der Waals surface area contributed by atoms with Gasteiger partial charge in [0.15, 0.2) is 0 Å². The Bertz CT molecular complexity index is 422. The van der Waals surface area contributed by atoms with Gasteiger partial charge in [-0.3, -0.25) is 4.79 Å². The van der Waals surface area contributed by atoms with E-state index in [1.54, 1.807) is 0 Å². The molecular weight excluding hydrogens is 200 g/mol. The molecule has 3 rings (SSSR count). The number of benzene rings is 1. The van der Waals surface area contributed by atoms with E-state index in [1.807, 2.05) is 18.2 Å². The Morgan fingerprint density at radius 1 is 1.25 bits per heavy atom. The molecule has 3 heteroatoms. The molecule has 0 bridgehead atoms. The van der Waals surface area contributed by atoms with Gasteiger partial charge in [-0.2, -0.15) is 0 Å². The molecular formula is C13H16N2O. The van der Waals surface area contributed by atoms with Crippen molar-refractivity contribution in [1.82, 2.24) is 10.6 Å². The minimum absolute atomic E-state index is 0.0380. The van der Waals surface area contributed by atoms with Gasteiger partial charge < -0.3 is 10.6 Å². The number of rotatable bonds is 0. The van der Waals surface area contributed by atoms with E-state index in [2.05, 4.69) is 16.7 Å². The fourth-order valence-electron chi connectivity index (χ4n) is 2.84. The first-order valence-corrected chi connectivity index (χ1v) is 5.90. The zero-order valence-corrected chi connectivity index (χ0v) is 9.25. The van der Waals surface area contributed by atoms with Gasteiger partial charge >= 0.3 is 0 Å². The lowest BCUT2D eigenvalue weighted by Gasteiger charge is -2.41. The van der Waals surface area contributed by atoms with Crippen molar-refractivity contribution in [2.45, 2.75) is 24.8 Å². The Kier molecular flexibility index (Phi) is 2.21. The molecule has 84 valence electrons. The molecule has 2 aliphatic rings. The Labute approximate surface area is 95.2 Å². The summed E-state index contributed by atoms with van der Waals surface area (Å²) in [5.41, 5.74) is 2.00. The fourth-order valence-corrected chi connectivity index (χ4v) is 2.84. The maximum atomic E-state index is 12.0. The lowest BCUT2D eigenvalue weighted by atomic mass is 9.79. The van der Waals surface area contributed by atoms with Crippen LogP contribution < -0.4 is 10.6 Å². The normalized spacial score (nSPS) is 28.6. The molecule has 1 spiro atoms. The predicted octanol–water partition coefficient (Wildman–Crippen LogP) is 1.09. The van der Waals surface area contributed by atoms with Gasteiger partial charge in [0.05, 0.1) is 5.54 Å². The third kappa shape index (κ3) is 1.52. The van der Waals surface area contributed by atoms with Gasteiger partial charge in [0.2, 0.25) is 0 Å². The maximum Gasteiger partial charge on any atom is 0.252 e. The highest BCUT2D eigenvalue weighted by molar-refractivity contribution is 5.97. The quantitative estimate of drug-likeness (QED) is 0.681. The van der Waals surface area contributed by atoms with Gasteiger partial charge in [-0.05, 0) is 37.4 Å². The highest BCUT2D eigenvalue weighted by Gasteiger charge is 2.38. The summed E-state index contributed by atoms with van der Waals surface area (Å²) in [7, 11) is 0. The number of fused-ring (bicyclic) bond motifs is 1. The smallest absolute Gasteiger partial charge is 0.252 e. The van der Waals surface area contributed by atoms with Crippen LogP contribution in [-0.4, -0.2) is 24.5 Å². The molecule has 1 unspecified atom stereocenters. The molecule has 1 aromatic carbocycles. The van der Waals surface area contributed by atoms with E-state index in [4.69, 9.17) is 0 Å². The topological polar surface area (TPSA) is 41.1 Å². The van der Waals surface area contributed by atoms with Crippen molar-refractivity contribution in [2.24, 2.45) is 0 Å². The van der Waals surface area contributed by atoms with Crippen molar-refractivity contribution in [3.63, 3.8) is 0 Å². The molecule has 1 aromatic rings. The molecule has 2 N–H and O–H groups in total. The summed E-state index contributed by atoms with van der Waals surface area (Å²) in [6, 6.07) is 7.93. The number of carbonyl (C=O) groups is 1. The van der Waals surface area contributed by atoms with Crippen LogP contribution in [0.4, 0.5) is 0 Å². The molecule has 1 saturated heterocycles. The Hall–Kier alpha value is -1.35. The van der Waals surface area contributed by atoms with Gasteiger partial charge in [-0.1, -0.05) is 18.2 Å². The van der Waals surface area contributed by atoms with Gasteiger partial charge in [-0.15, -0.1) is 0 Å². The molecule has 16 heavy (non-hydrogen) atoms. The Morgan fingerprint density at radius 2 is 2.12 bits per heavy atom. The standard InChI is InChI=1S/C13H16N2O/c16-12-11-5-2-1-4-10(11)8-13(15-12)6-3-7-14-9-13/h1-2,4-5,14H,3,6-9H2,(H,15,16). The SMILES string of the molecule is O=C1NC2(CCCNC2)Cc2ccccc21. The van der Waals surface area contributed by atoms with E-state index >= 15 is 0 Å². The molecule has 2 heterocycles. The second kappa shape index (κ2) is 3.59. The maximum absolute atomic E-state index is 12.0. The average Bonchev–Trinajstić information content (AvgIpc) is 2.30. The lowest BCUT2D eigenvalue weighted by molar-refractivity contribution is 0.0856. The number of carbonyl (C=O) groups excluding carboxylic acids is 1. The number of hydrogen-bond acceptors (Lipinski definition) is 2. The minimum Gasteiger partial charge on any atom is -0.345 e. The van der Waals surface area contributed by atoms with Gasteiger partial charge in [0.25, 0.3) is 5.91 Å². The van der Waals surface area contributed by atoms with E-state index in [9.17, 15) is 4.79 Å². The van der Waals surface area contributed by atoms with Crippen LogP contribution in [0.1, 0.15) is 28.8 Å². The van der Waals surface area contributed by atoms with Crippen molar-refractivity contribution in [1.29, 1.82) is 0 Å². The number of piperidine rings is 1. The van der Waals surface area contributed by atoms with E-state index in [0.717, 1.165) is 37.9 Å². The third-order valence-corrected chi connectivity index (χ3v) is 3.64. The van der Waals surface area contributed by atoms with E-state index in [0.29, 0.717) is 0 Å². The highest BCUT2D eigenvalue weighted by atomic mass is 16.1. The van der Waals surface area contributed by atoms with Crippen LogP contribution >= 0.6 is 0 Å². The number of hydrogen-bond donors (Lipinski definition) is 2. The summed E-state index contributed by atoms with van der Waals surface area (Å²) in [6.07, 6.45) is 3.18. The van der Waals surface area contributed by atoms with Crippen LogP contribution in [0, 0.1) is 0 Å². The first-order valence-electron chi connectivity index (χ1n) is 5.90. The molecule has 0 aromatic heterocycles. The van der Waals surface area contributed by atoms with Gasteiger partial charge in [0.1, 0.15) is 0 Å². The average molecular weight is 216 g/mol. The first-order chi connectivity index (χ1) is 7.79. The predicted molar refractivity (Wildman–Crippen MR) is 62.4 cm³/mol. The van der Waals surface area contributed by atoms with Crippen molar-refractivity contribution in [3.05, 3.63) is 35.4 Å². The number of amides is 1. The zero-order valence-electron chi connectivity index (χ0n) is 9.25. The van der Waals surface area contributed by atoms with Crippen LogP contribution in [0.25, 0.3) is 0 Å². The number of nitrogens with one attached hydrogen (secondary N) is 2. The second-order valence-electron chi connectivity index (χ2n) is 4.85. The Morgan fingerprint density at radius 3 is 2.94 bits per heavy atom. The van der Waals surface area contributed by atoms with E-state index < -0.39 is 0 Å². The third-order valence-electron chi connectivity index (χ3n) is 3.64. The van der Waals surface area contributed by atoms with Crippen LogP contribution in [0.5, 0.6) is 0 Å². The summed E-state index contributed by atoms with van der Waals surface area (Å²) in [6.45, 7) is 1.96. The summed E-state index contributed by atoms with van der Waals surface area (Å²) < 4.78 is 0. The summed E-state index contributed by atoms with van der Waals surface area (Å²) in [4.78, 5) is 12.0. The van der Waals surface area contributed by atoms with Gasteiger partial charge in [-0.25, -0.2) is 0 Å². The highest BCUT2D eigenvalue weighted by Crippen LogP contribution is 2.27. The minimum atomic E-state index is -0.0380. The monoisotopic (exact) mass is 216 g/mol. The van der Waals surface area contributed by atoms with Crippen LogP contribution in [-0.2, 0) is 6.42 Å². The van der Waals surface area contributed by atoms with Crippen molar-refractivity contribution < 1.29 is 4.79 Å². The molecule has 3 nitrogen and oxygen atoms in total. The second-order valence-corrected chi connectivity index (χ2v) is 4.85. The summed E-state index contributed by atoms with van der Waals surface area (Å²) in [5.74, 6) is 0.0885. The van der Waals surface area contributed by atoms with E-state index in [-0.39, 0.29) is 11.4 Å². The van der Waals surface area contributed by atoms with Gasteiger partial charge in [0, 0.05) is 12.1 Å². The zero-order chi connectivity index (χ0) is 11.0. The molecule has 1 atom stereocenters. The van der Waals surface area contributed by atoms with E-state index in [1.165, 1.54) is 5.56 Å². The fraction of sp³-hybridized carbons (Fsp3) is 0.462. The molecule has 0 aliphatic carbocycles. The van der Waals surface area contributed by atoms with Crippen LogP contribution in [0.15, 0.2) is 24.3 Å².